The van der Waals surface area contributed by atoms with Gasteiger partial charge in [0.25, 0.3) is 0 Å². The van der Waals surface area contributed by atoms with E-state index in [9.17, 15) is 10.1 Å². The van der Waals surface area contributed by atoms with E-state index in [4.69, 9.17) is 11.6 Å². The first-order valence-corrected chi connectivity index (χ1v) is 5.96. The molecule has 0 radical (unpaired) electrons. The molecule has 2 fully saturated rings. The fourth-order valence-electron chi connectivity index (χ4n) is 2.90. The SMILES string of the molecule is O=[N+]([O-])c1c(Cl)ncnc1N1CC2CCC1C2. The van der Waals surface area contributed by atoms with Crippen LogP contribution in [0.1, 0.15) is 19.3 Å². The van der Waals surface area contributed by atoms with Gasteiger partial charge in [-0.15, -0.1) is 0 Å². The van der Waals surface area contributed by atoms with Crippen LogP contribution in [0, 0.1) is 16.0 Å². The number of rotatable bonds is 2. The van der Waals surface area contributed by atoms with Crippen molar-refractivity contribution in [2.75, 3.05) is 11.4 Å². The summed E-state index contributed by atoms with van der Waals surface area (Å²) < 4.78 is 0. The van der Waals surface area contributed by atoms with Gasteiger partial charge in [0.2, 0.25) is 11.0 Å². The standard InChI is InChI=1S/C10H11ClN4O2/c11-9-8(15(16)17)10(13-5-12-9)14-4-6-1-2-7(14)3-6/h5-7H,1-4H2. The molecule has 2 bridgehead atoms. The van der Waals surface area contributed by atoms with Crippen molar-refractivity contribution in [1.82, 2.24) is 9.97 Å². The number of nitrogens with zero attached hydrogens (tertiary/aromatic N) is 4. The Bertz CT molecular complexity index is 481. The molecule has 2 heterocycles. The highest BCUT2D eigenvalue weighted by atomic mass is 35.5. The Morgan fingerprint density at radius 1 is 1.47 bits per heavy atom. The number of fused-ring (bicyclic) bond motifs is 2. The van der Waals surface area contributed by atoms with Gasteiger partial charge in [-0.1, -0.05) is 11.6 Å². The minimum atomic E-state index is -0.496. The number of hydrogen-bond acceptors (Lipinski definition) is 5. The molecule has 1 aliphatic heterocycles. The number of hydrogen-bond donors (Lipinski definition) is 0. The molecule has 1 aromatic rings. The summed E-state index contributed by atoms with van der Waals surface area (Å²) >= 11 is 5.79. The van der Waals surface area contributed by atoms with Crippen LogP contribution >= 0.6 is 11.6 Å². The lowest BCUT2D eigenvalue weighted by molar-refractivity contribution is -0.384. The van der Waals surface area contributed by atoms with E-state index in [-0.39, 0.29) is 10.8 Å². The van der Waals surface area contributed by atoms with E-state index in [1.54, 1.807) is 0 Å². The fourth-order valence-corrected chi connectivity index (χ4v) is 3.10. The number of halogens is 1. The Morgan fingerprint density at radius 3 is 2.88 bits per heavy atom. The Balaban J connectivity index is 2.03. The minimum Gasteiger partial charge on any atom is -0.347 e. The average molecular weight is 255 g/mol. The van der Waals surface area contributed by atoms with Gasteiger partial charge in [-0.05, 0) is 25.2 Å². The zero-order valence-corrected chi connectivity index (χ0v) is 9.80. The van der Waals surface area contributed by atoms with Crippen molar-refractivity contribution in [1.29, 1.82) is 0 Å². The van der Waals surface area contributed by atoms with Crippen molar-refractivity contribution in [2.45, 2.75) is 25.3 Å². The zero-order chi connectivity index (χ0) is 12.0. The van der Waals surface area contributed by atoms with E-state index < -0.39 is 4.92 Å². The summed E-state index contributed by atoms with van der Waals surface area (Å²) in [5.41, 5.74) is -0.165. The average Bonchev–Trinajstić information content (AvgIpc) is 2.89. The maximum atomic E-state index is 11.0. The molecule has 1 aromatic heterocycles. The molecule has 2 unspecified atom stereocenters. The second-order valence-electron chi connectivity index (χ2n) is 4.58. The van der Waals surface area contributed by atoms with Crippen molar-refractivity contribution in [2.24, 2.45) is 5.92 Å². The number of aromatic nitrogens is 2. The Hall–Kier alpha value is -1.43. The predicted molar refractivity (Wildman–Crippen MR) is 62.2 cm³/mol. The van der Waals surface area contributed by atoms with E-state index in [1.165, 1.54) is 12.7 Å². The third-order valence-electron chi connectivity index (χ3n) is 3.62. The molecule has 0 aromatic carbocycles. The molecule has 2 atom stereocenters. The smallest absolute Gasteiger partial charge is 0.347 e. The molecule has 7 heteroatoms. The highest BCUT2D eigenvalue weighted by Gasteiger charge is 2.41. The quantitative estimate of drug-likeness (QED) is 0.459. The first-order chi connectivity index (χ1) is 8.16. The third kappa shape index (κ3) is 1.63. The van der Waals surface area contributed by atoms with E-state index in [1.807, 2.05) is 4.90 Å². The van der Waals surface area contributed by atoms with Gasteiger partial charge in [-0.3, -0.25) is 10.1 Å². The fraction of sp³-hybridized carbons (Fsp3) is 0.600. The number of nitro groups is 1. The molecular weight excluding hydrogens is 244 g/mol. The first-order valence-electron chi connectivity index (χ1n) is 5.58. The lowest BCUT2D eigenvalue weighted by Gasteiger charge is -2.27. The zero-order valence-electron chi connectivity index (χ0n) is 9.04. The first kappa shape index (κ1) is 10.7. The van der Waals surface area contributed by atoms with Crippen LogP contribution < -0.4 is 4.90 Å². The van der Waals surface area contributed by atoms with Gasteiger partial charge in [-0.2, -0.15) is 0 Å². The molecule has 90 valence electrons. The van der Waals surface area contributed by atoms with E-state index >= 15 is 0 Å². The maximum Gasteiger partial charge on any atom is 0.348 e. The number of anilines is 1. The van der Waals surface area contributed by atoms with Crippen molar-refractivity contribution < 1.29 is 4.92 Å². The van der Waals surface area contributed by atoms with Crippen LogP contribution in [0.4, 0.5) is 11.5 Å². The maximum absolute atomic E-state index is 11.0. The van der Waals surface area contributed by atoms with E-state index in [0.29, 0.717) is 17.8 Å². The second kappa shape index (κ2) is 3.80. The van der Waals surface area contributed by atoms with Crippen LogP contribution in [0.2, 0.25) is 5.15 Å². The largest absolute Gasteiger partial charge is 0.348 e. The van der Waals surface area contributed by atoms with Crippen LogP contribution in [0.25, 0.3) is 0 Å². The van der Waals surface area contributed by atoms with Gasteiger partial charge in [0.05, 0.1) is 4.92 Å². The normalized spacial score (nSPS) is 26.5. The van der Waals surface area contributed by atoms with Crippen LogP contribution in [0.3, 0.4) is 0 Å². The lowest BCUT2D eigenvalue weighted by atomic mass is 10.1. The van der Waals surface area contributed by atoms with Crippen LogP contribution in [-0.2, 0) is 0 Å². The molecule has 0 amide bonds. The molecule has 17 heavy (non-hydrogen) atoms. The third-order valence-corrected chi connectivity index (χ3v) is 3.90. The second-order valence-corrected chi connectivity index (χ2v) is 4.94. The van der Waals surface area contributed by atoms with Gasteiger partial charge < -0.3 is 4.90 Å². The van der Waals surface area contributed by atoms with Crippen LogP contribution in [-0.4, -0.2) is 27.5 Å². The van der Waals surface area contributed by atoms with Gasteiger partial charge in [0.15, 0.2) is 0 Å². The highest BCUT2D eigenvalue weighted by molar-refractivity contribution is 6.31. The summed E-state index contributed by atoms with van der Waals surface area (Å²) in [5.74, 6) is 1.02. The Kier molecular flexibility index (Phi) is 2.39. The summed E-state index contributed by atoms with van der Waals surface area (Å²) in [4.78, 5) is 20.3. The molecule has 1 saturated heterocycles. The molecule has 0 N–H and O–H groups in total. The Labute approximate surface area is 103 Å². The summed E-state index contributed by atoms with van der Waals surface area (Å²) in [6.45, 7) is 0.846. The van der Waals surface area contributed by atoms with Crippen molar-refractivity contribution in [3.8, 4) is 0 Å². The lowest BCUT2D eigenvalue weighted by Crippen LogP contribution is -2.33. The van der Waals surface area contributed by atoms with E-state index in [2.05, 4.69) is 9.97 Å². The molecular formula is C10H11ClN4O2. The monoisotopic (exact) mass is 254 g/mol. The van der Waals surface area contributed by atoms with Crippen LogP contribution in [0.15, 0.2) is 6.33 Å². The number of piperidine rings is 1. The van der Waals surface area contributed by atoms with Crippen LogP contribution in [0.5, 0.6) is 0 Å². The molecule has 3 rings (SSSR count). The van der Waals surface area contributed by atoms with Gasteiger partial charge in [0, 0.05) is 12.6 Å². The molecule has 6 nitrogen and oxygen atoms in total. The molecule has 1 aliphatic carbocycles. The summed E-state index contributed by atoms with van der Waals surface area (Å²) in [6.07, 6.45) is 4.70. The molecule has 0 spiro atoms. The van der Waals surface area contributed by atoms with Crippen molar-refractivity contribution in [3.63, 3.8) is 0 Å². The predicted octanol–water partition coefficient (Wildman–Crippen LogP) is 2.03. The van der Waals surface area contributed by atoms with Crippen molar-refractivity contribution in [3.05, 3.63) is 21.6 Å². The topological polar surface area (TPSA) is 72.2 Å². The highest BCUT2D eigenvalue weighted by Crippen LogP contribution is 2.43. The molecule has 2 aliphatic rings. The van der Waals surface area contributed by atoms with Crippen molar-refractivity contribution >= 4 is 23.1 Å². The van der Waals surface area contributed by atoms with E-state index in [0.717, 1.165) is 19.4 Å². The van der Waals surface area contributed by atoms with Gasteiger partial charge in [-0.25, -0.2) is 9.97 Å². The Morgan fingerprint density at radius 2 is 2.29 bits per heavy atom. The molecule has 1 saturated carbocycles. The minimum absolute atomic E-state index is 0.0808. The van der Waals surface area contributed by atoms with Gasteiger partial charge >= 0.3 is 5.69 Å². The summed E-state index contributed by atoms with van der Waals surface area (Å²) in [6, 6.07) is 0.379. The van der Waals surface area contributed by atoms with Gasteiger partial charge in [0.1, 0.15) is 6.33 Å². The summed E-state index contributed by atoms with van der Waals surface area (Å²) in [7, 11) is 0. The summed E-state index contributed by atoms with van der Waals surface area (Å²) in [5, 5.41) is 10.9.